The third kappa shape index (κ3) is 5.27. The van der Waals surface area contributed by atoms with Gasteiger partial charge in [-0.1, -0.05) is 24.2 Å². The molecule has 40 heavy (non-hydrogen) atoms. The van der Waals surface area contributed by atoms with Crippen LogP contribution in [-0.2, 0) is 4.79 Å². The molecular weight excluding hydrogens is 547 g/mol. The molecule has 0 radical (unpaired) electrons. The molecule has 0 unspecified atom stereocenters. The van der Waals surface area contributed by atoms with Crippen molar-refractivity contribution in [3.63, 3.8) is 0 Å². The highest BCUT2D eigenvalue weighted by molar-refractivity contribution is 6.34. The Kier molecular flexibility index (Phi) is 7.54. The first kappa shape index (κ1) is 28.0. The van der Waals surface area contributed by atoms with Crippen LogP contribution < -0.4 is 9.64 Å². The van der Waals surface area contributed by atoms with E-state index in [-0.39, 0.29) is 64.7 Å². The van der Waals surface area contributed by atoms with Gasteiger partial charge in [-0.3, -0.25) is 9.69 Å². The van der Waals surface area contributed by atoms with Gasteiger partial charge in [0, 0.05) is 56.3 Å². The number of aromatic nitrogens is 2. The zero-order valence-electron chi connectivity index (χ0n) is 22.1. The fraction of sp³-hybridized carbons (Fsp3) is 0.393. The van der Waals surface area contributed by atoms with E-state index in [1.165, 1.54) is 31.2 Å². The van der Waals surface area contributed by atoms with Gasteiger partial charge in [0.25, 0.3) is 0 Å². The predicted molar refractivity (Wildman–Crippen MR) is 147 cm³/mol. The van der Waals surface area contributed by atoms with Crippen molar-refractivity contribution in [1.29, 1.82) is 0 Å². The molecule has 0 saturated carbocycles. The van der Waals surface area contributed by atoms with Crippen LogP contribution in [0.5, 0.6) is 11.8 Å². The predicted octanol–water partition coefficient (Wildman–Crippen LogP) is 4.58. The van der Waals surface area contributed by atoms with E-state index in [9.17, 15) is 18.7 Å². The van der Waals surface area contributed by atoms with Crippen molar-refractivity contribution in [2.45, 2.75) is 25.6 Å². The Morgan fingerprint density at radius 2 is 2.02 bits per heavy atom. The first-order valence-electron chi connectivity index (χ1n) is 12.9. The number of hydrogen-bond acceptors (Lipinski definition) is 7. The molecule has 212 valence electrons. The summed E-state index contributed by atoms with van der Waals surface area (Å²) >= 11 is 6.49. The van der Waals surface area contributed by atoms with Gasteiger partial charge in [0.1, 0.15) is 35.2 Å². The topological polar surface area (TPSA) is 82.0 Å². The van der Waals surface area contributed by atoms with Gasteiger partial charge in [-0.2, -0.15) is 9.97 Å². The number of likely N-dealkylation sites (tertiary alicyclic amines) is 1. The smallest absolute Gasteiger partial charge is 0.319 e. The molecule has 0 spiro atoms. The van der Waals surface area contributed by atoms with Gasteiger partial charge >= 0.3 is 6.01 Å². The molecule has 1 N–H and O–H groups in total. The molecule has 2 fully saturated rings. The number of phenolic OH excluding ortho intramolecular Hbond substituents is 1. The Bertz CT molecular complexity index is 1460. The molecule has 2 aliphatic rings. The Morgan fingerprint density at radius 3 is 2.67 bits per heavy atom. The molecule has 2 saturated heterocycles. The van der Waals surface area contributed by atoms with Crippen LogP contribution in [0.15, 0.2) is 36.9 Å². The minimum Gasteiger partial charge on any atom is -0.507 e. The molecule has 0 bridgehead atoms. The standard InChI is InChI=1S/C28H29ClF3N5O3/c1-4-21(39)37-9-8-36(13-16(37)2)26-17-12-18(29)22(23-19(30)6-5-7-20(23)38)24(31)25(17)33-27(34-26)40-11-10-35-14-28(3,32)15-35/h4-7,12,16,38H,1,8-11,13-15H2,2-3H3/t16-/m1/s1. The van der Waals surface area contributed by atoms with Crippen LogP contribution in [0.1, 0.15) is 13.8 Å². The molecule has 2 aromatic carbocycles. The molecule has 1 amide bonds. The SMILES string of the molecule is C=CC(=O)N1CCN(c2nc(OCCN3CC(C)(F)C3)nc3c(F)c(-c4c(O)cccc4F)c(Cl)cc23)C[C@H]1C. The number of amides is 1. The summed E-state index contributed by atoms with van der Waals surface area (Å²) in [5.41, 5.74) is -2.11. The summed E-state index contributed by atoms with van der Waals surface area (Å²) < 4.78 is 50.5. The van der Waals surface area contributed by atoms with E-state index in [0.29, 0.717) is 32.0 Å². The molecule has 1 atom stereocenters. The molecular formula is C28H29ClF3N5O3. The molecule has 1 aromatic heterocycles. The van der Waals surface area contributed by atoms with Gasteiger partial charge in [-0.25, -0.2) is 13.2 Å². The van der Waals surface area contributed by atoms with Crippen LogP contribution in [0.4, 0.5) is 19.0 Å². The number of halogens is 4. The summed E-state index contributed by atoms with van der Waals surface area (Å²) in [5, 5.41) is 10.5. The number of hydrogen-bond donors (Lipinski definition) is 1. The molecule has 2 aliphatic heterocycles. The Balaban J connectivity index is 1.55. The van der Waals surface area contributed by atoms with Crippen LogP contribution in [0.3, 0.4) is 0 Å². The first-order valence-corrected chi connectivity index (χ1v) is 13.3. The van der Waals surface area contributed by atoms with Crippen molar-refractivity contribution in [2.24, 2.45) is 0 Å². The van der Waals surface area contributed by atoms with E-state index in [4.69, 9.17) is 16.3 Å². The molecule has 8 nitrogen and oxygen atoms in total. The minimum atomic E-state index is -1.23. The number of carbonyl (C=O) groups excluding carboxylic acids is 1. The summed E-state index contributed by atoms with van der Waals surface area (Å²) in [6.07, 6.45) is 1.26. The van der Waals surface area contributed by atoms with Crippen LogP contribution >= 0.6 is 11.6 Å². The molecule has 5 rings (SSSR count). The normalized spacial score (nSPS) is 19.0. The Labute approximate surface area is 234 Å². The largest absolute Gasteiger partial charge is 0.507 e. The third-order valence-corrected chi connectivity index (χ3v) is 7.51. The van der Waals surface area contributed by atoms with Crippen molar-refractivity contribution in [1.82, 2.24) is 19.8 Å². The lowest BCUT2D eigenvalue weighted by Gasteiger charge is -2.42. The van der Waals surface area contributed by atoms with Crippen LogP contribution in [0, 0.1) is 11.6 Å². The number of carbonyl (C=O) groups is 1. The maximum Gasteiger partial charge on any atom is 0.319 e. The van der Waals surface area contributed by atoms with Gasteiger partial charge < -0.3 is 19.6 Å². The van der Waals surface area contributed by atoms with E-state index in [1.54, 1.807) is 4.90 Å². The molecule has 3 heterocycles. The maximum atomic E-state index is 16.2. The number of anilines is 1. The lowest BCUT2D eigenvalue weighted by molar-refractivity contribution is -0.128. The van der Waals surface area contributed by atoms with E-state index in [0.717, 1.165) is 6.07 Å². The summed E-state index contributed by atoms with van der Waals surface area (Å²) in [6, 6.07) is 4.75. The van der Waals surface area contributed by atoms with Crippen molar-refractivity contribution < 1.29 is 27.8 Å². The average molecular weight is 576 g/mol. The van der Waals surface area contributed by atoms with E-state index in [2.05, 4.69) is 16.5 Å². The second-order valence-corrected chi connectivity index (χ2v) is 10.8. The number of benzene rings is 2. The number of rotatable bonds is 7. The van der Waals surface area contributed by atoms with Crippen LogP contribution in [0.2, 0.25) is 5.02 Å². The first-order chi connectivity index (χ1) is 19.0. The van der Waals surface area contributed by atoms with Gasteiger partial charge in [0.15, 0.2) is 5.82 Å². The van der Waals surface area contributed by atoms with Crippen molar-refractivity contribution >= 4 is 34.2 Å². The van der Waals surface area contributed by atoms with E-state index in [1.807, 2.05) is 16.7 Å². The summed E-state index contributed by atoms with van der Waals surface area (Å²) in [4.78, 5) is 26.5. The maximum absolute atomic E-state index is 16.2. The molecule has 3 aromatic rings. The number of alkyl halides is 1. The van der Waals surface area contributed by atoms with Gasteiger partial charge in [-0.15, -0.1) is 0 Å². The Hall–Kier alpha value is -3.57. The summed E-state index contributed by atoms with van der Waals surface area (Å²) in [5.74, 6) is -2.12. The monoisotopic (exact) mass is 575 g/mol. The van der Waals surface area contributed by atoms with Gasteiger partial charge in [0.2, 0.25) is 5.91 Å². The molecule has 0 aliphatic carbocycles. The lowest BCUT2D eigenvalue weighted by Crippen LogP contribution is -2.57. The molecule has 12 heteroatoms. The number of phenols is 1. The third-order valence-electron chi connectivity index (χ3n) is 7.21. The number of piperazine rings is 1. The second kappa shape index (κ2) is 10.8. The minimum absolute atomic E-state index is 0.117. The van der Waals surface area contributed by atoms with E-state index < -0.39 is 23.1 Å². The van der Waals surface area contributed by atoms with E-state index >= 15 is 4.39 Å². The van der Waals surface area contributed by atoms with Crippen molar-refractivity contribution in [3.05, 3.63) is 53.6 Å². The highest BCUT2D eigenvalue weighted by Gasteiger charge is 2.38. The fourth-order valence-corrected chi connectivity index (χ4v) is 5.65. The summed E-state index contributed by atoms with van der Waals surface area (Å²) in [6.45, 7) is 9.24. The lowest BCUT2D eigenvalue weighted by atomic mass is 9.99. The number of nitrogens with zero attached hydrogens (tertiary/aromatic N) is 5. The zero-order valence-corrected chi connectivity index (χ0v) is 22.9. The van der Waals surface area contributed by atoms with Crippen molar-refractivity contribution in [2.75, 3.05) is 50.8 Å². The van der Waals surface area contributed by atoms with Crippen molar-refractivity contribution in [3.8, 4) is 22.9 Å². The zero-order chi connectivity index (χ0) is 28.8. The Morgan fingerprint density at radius 1 is 1.27 bits per heavy atom. The van der Waals surface area contributed by atoms with Crippen LogP contribution in [-0.4, -0.2) is 88.4 Å². The average Bonchev–Trinajstić information content (AvgIpc) is 2.88. The quantitative estimate of drug-likeness (QED) is 0.413. The fourth-order valence-electron chi connectivity index (χ4n) is 5.36. The number of aromatic hydroxyl groups is 1. The number of fused-ring (bicyclic) bond motifs is 1. The highest BCUT2D eigenvalue weighted by atomic mass is 35.5. The highest BCUT2D eigenvalue weighted by Crippen LogP contribution is 2.42. The van der Waals surface area contributed by atoms with Crippen LogP contribution in [0.25, 0.3) is 22.0 Å². The number of ether oxygens (including phenoxy) is 1. The summed E-state index contributed by atoms with van der Waals surface area (Å²) in [7, 11) is 0. The second-order valence-electron chi connectivity index (χ2n) is 10.4. The van der Waals surface area contributed by atoms with Gasteiger partial charge in [-0.05, 0) is 38.1 Å². The van der Waals surface area contributed by atoms with Gasteiger partial charge in [0.05, 0.1) is 10.6 Å².